The average Bonchev–Trinajstić information content (AvgIpc) is 3.76. The fraction of sp³-hybridized carbons (Fsp3) is 0.0741. The Bertz CT molecular complexity index is 3210. The first kappa shape index (κ1) is 33.3. The molecule has 0 amide bonds. The Morgan fingerprint density at radius 3 is 1.91 bits per heavy atom. The first-order valence-corrected chi connectivity index (χ1v) is 19.7. The number of rotatable bonds is 5. The molecule has 10 aromatic rings. The largest absolute Gasteiger partial charge is 0.456 e. The number of hydrogen-bond acceptors (Lipinski definition) is 3. The topological polar surface area (TPSA) is 38.9 Å². The second-order valence-electron chi connectivity index (χ2n) is 15.8. The maximum absolute atomic E-state index is 6.86. The van der Waals surface area contributed by atoms with Gasteiger partial charge >= 0.3 is 0 Å². The summed E-state index contributed by atoms with van der Waals surface area (Å²) in [6.07, 6.45) is 0. The second kappa shape index (κ2) is 12.7. The van der Waals surface area contributed by atoms with Crippen molar-refractivity contribution >= 4 is 32.7 Å². The summed E-state index contributed by atoms with van der Waals surface area (Å²) in [7, 11) is 0. The first-order valence-electron chi connectivity index (χ1n) is 19.7. The normalized spacial score (nSPS) is 13.0. The van der Waals surface area contributed by atoms with Crippen molar-refractivity contribution in [3.63, 3.8) is 0 Å². The second-order valence-corrected chi connectivity index (χ2v) is 15.8. The number of nitrogens with zero attached hydrogens (tertiary/aromatic N) is 2. The Morgan fingerprint density at radius 2 is 1.09 bits per heavy atom. The maximum Gasteiger partial charge on any atom is 0.160 e. The molecule has 57 heavy (non-hydrogen) atoms. The third-order valence-electron chi connectivity index (χ3n) is 12.1. The molecule has 0 saturated heterocycles. The van der Waals surface area contributed by atoms with Crippen molar-refractivity contribution in [2.75, 3.05) is 0 Å². The number of benzene rings is 8. The quantitative estimate of drug-likeness (QED) is 0.177. The van der Waals surface area contributed by atoms with E-state index >= 15 is 0 Å². The van der Waals surface area contributed by atoms with Crippen LogP contribution >= 0.6 is 0 Å². The van der Waals surface area contributed by atoms with E-state index in [1.54, 1.807) is 0 Å². The molecule has 0 spiro atoms. The van der Waals surface area contributed by atoms with Gasteiger partial charge in [0.2, 0.25) is 0 Å². The van der Waals surface area contributed by atoms with Gasteiger partial charge in [0.05, 0.1) is 11.4 Å². The van der Waals surface area contributed by atoms with Crippen LogP contribution in [-0.4, -0.2) is 9.97 Å². The predicted octanol–water partition coefficient (Wildman–Crippen LogP) is 14.5. The van der Waals surface area contributed by atoms with E-state index in [0.29, 0.717) is 5.82 Å². The third-order valence-corrected chi connectivity index (χ3v) is 12.1. The van der Waals surface area contributed by atoms with Crippen LogP contribution in [0.2, 0.25) is 0 Å². The van der Waals surface area contributed by atoms with Gasteiger partial charge in [0.1, 0.15) is 11.2 Å². The molecule has 2 aromatic heterocycles. The zero-order valence-corrected chi connectivity index (χ0v) is 32.0. The molecule has 11 rings (SSSR count). The fourth-order valence-corrected chi connectivity index (χ4v) is 9.17. The molecule has 0 bridgehead atoms. The lowest BCUT2D eigenvalue weighted by Gasteiger charge is -2.22. The molecule has 1 aliphatic rings. The van der Waals surface area contributed by atoms with Crippen LogP contribution in [0, 0.1) is 6.92 Å². The van der Waals surface area contributed by atoms with Crippen LogP contribution in [0.4, 0.5) is 0 Å². The summed E-state index contributed by atoms with van der Waals surface area (Å²) in [5.74, 6) is 0.686. The summed E-state index contributed by atoms with van der Waals surface area (Å²) in [5.41, 5.74) is 17.3. The highest BCUT2D eigenvalue weighted by Crippen LogP contribution is 2.51. The highest BCUT2D eigenvalue weighted by molar-refractivity contribution is 6.23. The van der Waals surface area contributed by atoms with E-state index in [1.165, 1.54) is 38.6 Å². The van der Waals surface area contributed by atoms with E-state index in [1.807, 2.05) is 18.2 Å². The van der Waals surface area contributed by atoms with Gasteiger partial charge in [-0.1, -0.05) is 159 Å². The number of furan rings is 1. The molecule has 0 aliphatic heterocycles. The molecule has 2 heterocycles. The minimum absolute atomic E-state index is 0.138. The minimum Gasteiger partial charge on any atom is -0.456 e. The molecular weight excluding hydrogens is 693 g/mol. The zero-order valence-electron chi connectivity index (χ0n) is 32.0. The Kier molecular flexibility index (Phi) is 7.42. The van der Waals surface area contributed by atoms with Crippen molar-refractivity contribution in [3.8, 4) is 67.3 Å². The van der Waals surface area contributed by atoms with Crippen molar-refractivity contribution in [3.05, 3.63) is 193 Å². The minimum atomic E-state index is -0.138. The van der Waals surface area contributed by atoms with E-state index in [2.05, 4.69) is 178 Å². The molecule has 0 unspecified atom stereocenters. The van der Waals surface area contributed by atoms with Crippen LogP contribution in [0.25, 0.3) is 100.0 Å². The van der Waals surface area contributed by atoms with Crippen LogP contribution in [0.3, 0.4) is 0 Å². The van der Waals surface area contributed by atoms with E-state index in [4.69, 9.17) is 14.4 Å². The SMILES string of the molecule is Cc1c(-c2cccc(-c3ccccc3)c2)nc(-c2ccccc2)nc1-c1cc(-c2ccc3c(c2)C(C)(C)c2ccccc2-3)c2c(c1)oc1ccc3ccccc3c12. The van der Waals surface area contributed by atoms with Gasteiger partial charge in [-0.15, -0.1) is 0 Å². The average molecular weight is 731 g/mol. The van der Waals surface area contributed by atoms with Gasteiger partial charge in [0.25, 0.3) is 0 Å². The molecule has 0 fully saturated rings. The Balaban J connectivity index is 1.19. The van der Waals surface area contributed by atoms with Crippen LogP contribution in [0.5, 0.6) is 0 Å². The Morgan fingerprint density at radius 1 is 0.421 bits per heavy atom. The smallest absolute Gasteiger partial charge is 0.160 e. The molecule has 3 nitrogen and oxygen atoms in total. The lowest BCUT2D eigenvalue weighted by Crippen LogP contribution is -2.14. The molecule has 3 heteroatoms. The van der Waals surface area contributed by atoms with Crippen molar-refractivity contribution in [1.82, 2.24) is 9.97 Å². The van der Waals surface area contributed by atoms with Crippen LogP contribution < -0.4 is 0 Å². The highest BCUT2D eigenvalue weighted by Gasteiger charge is 2.35. The van der Waals surface area contributed by atoms with Crippen molar-refractivity contribution in [2.45, 2.75) is 26.2 Å². The van der Waals surface area contributed by atoms with E-state index in [0.717, 1.165) is 72.3 Å². The number of aromatic nitrogens is 2. The van der Waals surface area contributed by atoms with Gasteiger partial charge in [-0.05, 0) is 92.5 Å². The summed E-state index contributed by atoms with van der Waals surface area (Å²) < 4.78 is 6.86. The predicted molar refractivity (Wildman–Crippen MR) is 236 cm³/mol. The lowest BCUT2D eigenvalue weighted by atomic mass is 9.81. The molecule has 0 saturated carbocycles. The molecule has 1 aliphatic carbocycles. The maximum atomic E-state index is 6.86. The molecule has 8 aromatic carbocycles. The highest BCUT2D eigenvalue weighted by atomic mass is 16.3. The molecule has 0 atom stereocenters. The van der Waals surface area contributed by atoms with Gasteiger partial charge in [-0.2, -0.15) is 0 Å². The monoisotopic (exact) mass is 730 g/mol. The zero-order chi connectivity index (χ0) is 38.3. The van der Waals surface area contributed by atoms with E-state index in [9.17, 15) is 0 Å². The lowest BCUT2D eigenvalue weighted by molar-refractivity contribution is 0.660. The van der Waals surface area contributed by atoms with Crippen LogP contribution in [0.1, 0.15) is 30.5 Å². The molecule has 0 radical (unpaired) electrons. The summed E-state index contributed by atoms with van der Waals surface area (Å²) in [6, 6.07) is 62.8. The summed E-state index contributed by atoms with van der Waals surface area (Å²) in [6.45, 7) is 6.84. The molecule has 0 N–H and O–H groups in total. The standard InChI is InChI=1S/C54H38N2O/c1-33-51(39-21-14-20-37(29-39)34-15-6-4-7-16-34)55-53(36-18-8-5-9-19-36)56-52(33)40-30-44(38-25-27-43-42-23-12-13-24-45(42)54(2,3)46(43)31-38)50-48(32-40)57-47-28-26-35-17-10-11-22-41(35)49(47)50/h4-32H,1-3H3. The molecular formula is C54H38N2O. The summed E-state index contributed by atoms with van der Waals surface area (Å²) in [4.78, 5) is 10.7. The van der Waals surface area contributed by atoms with Crippen molar-refractivity contribution in [2.24, 2.45) is 0 Å². The van der Waals surface area contributed by atoms with Crippen molar-refractivity contribution in [1.29, 1.82) is 0 Å². The Labute approximate surface area is 332 Å². The van der Waals surface area contributed by atoms with Gasteiger partial charge in [-0.3, -0.25) is 0 Å². The van der Waals surface area contributed by atoms with E-state index in [-0.39, 0.29) is 5.41 Å². The third kappa shape index (κ3) is 5.27. The van der Waals surface area contributed by atoms with Crippen molar-refractivity contribution < 1.29 is 4.42 Å². The van der Waals surface area contributed by atoms with Gasteiger partial charge in [0.15, 0.2) is 5.82 Å². The summed E-state index contributed by atoms with van der Waals surface area (Å²) in [5, 5.41) is 4.62. The first-order chi connectivity index (χ1) is 27.9. The van der Waals surface area contributed by atoms with Gasteiger partial charge in [-0.25, -0.2) is 9.97 Å². The number of hydrogen-bond donors (Lipinski definition) is 0. The summed E-state index contributed by atoms with van der Waals surface area (Å²) >= 11 is 0. The van der Waals surface area contributed by atoms with Crippen LogP contribution in [0.15, 0.2) is 180 Å². The van der Waals surface area contributed by atoms with E-state index < -0.39 is 0 Å². The Hall–Kier alpha value is -7.10. The fourth-order valence-electron chi connectivity index (χ4n) is 9.17. The van der Waals surface area contributed by atoms with Crippen LogP contribution in [-0.2, 0) is 5.41 Å². The molecule has 270 valence electrons. The van der Waals surface area contributed by atoms with Gasteiger partial charge < -0.3 is 4.42 Å². The number of fused-ring (bicyclic) bond motifs is 8. The van der Waals surface area contributed by atoms with Gasteiger partial charge in [0, 0.05) is 38.4 Å².